The van der Waals surface area contributed by atoms with E-state index in [2.05, 4.69) is 9.71 Å². The average molecular weight is 658 g/mol. The molecule has 1 amide bonds. The highest BCUT2D eigenvalue weighted by molar-refractivity contribution is 7.89. The standard InChI is InChI=1S/C32H35N3O8S2.2H2/c1-3-23(36)9-7-17-43-28-12-6-5-11-26(28)31(32(39)35(21-30(38)42-4-2)20-24-10-8-18-44-24)34-45(40,41)25-14-15-27-22(19-25)13-16-29(37)33-27;;/h5-6,8,10-16,18-19,31,34H,3-4,7,9,17,20-21H2,1-2H3,(H,33,37);2*1H. The maximum absolute atomic E-state index is 14.3. The Hall–Kier alpha value is -4.33. The Labute approximate surface area is 268 Å². The van der Waals surface area contributed by atoms with Gasteiger partial charge in [-0.2, -0.15) is 4.72 Å². The van der Waals surface area contributed by atoms with Crippen molar-refractivity contribution in [1.29, 1.82) is 0 Å². The molecule has 0 saturated heterocycles. The van der Waals surface area contributed by atoms with Gasteiger partial charge in [-0.15, -0.1) is 11.3 Å². The van der Waals surface area contributed by atoms with Crippen LogP contribution in [-0.4, -0.2) is 55.7 Å². The Kier molecular flexibility index (Phi) is 11.6. The Bertz CT molecular complexity index is 1810. The van der Waals surface area contributed by atoms with Gasteiger partial charge in [-0.25, -0.2) is 8.42 Å². The van der Waals surface area contributed by atoms with E-state index in [0.29, 0.717) is 30.2 Å². The average Bonchev–Trinajstić information content (AvgIpc) is 3.54. The minimum atomic E-state index is -4.35. The van der Waals surface area contributed by atoms with Crippen LogP contribution in [0.25, 0.3) is 10.9 Å². The van der Waals surface area contributed by atoms with E-state index >= 15 is 0 Å². The maximum atomic E-state index is 14.3. The summed E-state index contributed by atoms with van der Waals surface area (Å²) < 4.78 is 41.4. The van der Waals surface area contributed by atoms with E-state index in [-0.39, 0.29) is 50.2 Å². The van der Waals surface area contributed by atoms with Gasteiger partial charge in [0.05, 0.1) is 24.7 Å². The zero-order valence-electron chi connectivity index (χ0n) is 25.0. The fourth-order valence-corrected chi connectivity index (χ4v) is 6.52. The number of ether oxygens (including phenoxy) is 2. The number of hydrogen-bond acceptors (Lipinski definition) is 9. The van der Waals surface area contributed by atoms with Gasteiger partial charge in [-0.05, 0) is 60.5 Å². The second kappa shape index (κ2) is 15.6. The first kappa shape index (κ1) is 33.6. The molecule has 0 aliphatic rings. The number of benzene rings is 2. The van der Waals surface area contributed by atoms with Crippen molar-refractivity contribution in [2.75, 3.05) is 19.8 Å². The molecule has 4 rings (SSSR count). The van der Waals surface area contributed by atoms with Crippen molar-refractivity contribution in [3.05, 3.63) is 92.9 Å². The number of H-pyrrole nitrogens is 1. The highest BCUT2D eigenvalue weighted by atomic mass is 32.2. The molecule has 1 atom stereocenters. The summed E-state index contributed by atoms with van der Waals surface area (Å²) in [5, 5.41) is 2.31. The molecule has 242 valence electrons. The van der Waals surface area contributed by atoms with Crippen LogP contribution in [0.4, 0.5) is 0 Å². The molecular formula is C32H39N3O8S2. The molecule has 0 bridgehead atoms. The van der Waals surface area contributed by atoms with Crippen LogP contribution in [0.5, 0.6) is 5.75 Å². The Morgan fingerprint density at radius 3 is 2.58 bits per heavy atom. The number of nitrogens with zero attached hydrogens (tertiary/aromatic N) is 1. The number of nitrogens with one attached hydrogen (secondary N) is 2. The number of amides is 1. The zero-order chi connectivity index (χ0) is 32.4. The number of hydrogen-bond donors (Lipinski definition) is 2. The van der Waals surface area contributed by atoms with Crippen LogP contribution in [0.3, 0.4) is 0 Å². The predicted molar refractivity (Wildman–Crippen MR) is 175 cm³/mol. The first-order valence-corrected chi connectivity index (χ1v) is 16.8. The van der Waals surface area contributed by atoms with Crippen molar-refractivity contribution >= 4 is 49.9 Å². The summed E-state index contributed by atoms with van der Waals surface area (Å²) in [6, 6.07) is 15.7. The van der Waals surface area contributed by atoms with Crippen LogP contribution in [0.1, 0.15) is 52.4 Å². The van der Waals surface area contributed by atoms with E-state index in [4.69, 9.17) is 9.47 Å². The quantitative estimate of drug-likeness (QED) is 0.128. The number of pyridine rings is 1. The lowest BCUT2D eigenvalue weighted by atomic mass is 10.0. The lowest BCUT2D eigenvalue weighted by Crippen LogP contribution is -2.44. The fourth-order valence-electron chi connectivity index (χ4n) is 4.60. The van der Waals surface area contributed by atoms with E-state index in [1.165, 1.54) is 46.6 Å². The summed E-state index contributed by atoms with van der Waals surface area (Å²) >= 11 is 1.39. The smallest absolute Gasteiger partial charge is 0.325 e. The van der Waals surface area contributed by atoms with Crippen LogP contribution in [0, 0.1) is 0 Å². The number of esters is 1. The van der Waals surface area contributed by atoms with E-state index in [1.807, 2.05) is 17.5 Å². The lowest BCUT2D eigenvalue weighted by molar-refractivity contribution is -0.149. The van der Waals surface area contributed by atoms with Gasteiger partial charge >= 0.3 is 5.97 Å². The van der Waals surface area contributed by atoms with Gasteiger partial charge in [0.2, 0.25) is 21.5 Å². The van der Waals surface area contributed by atoms with Crippen molar-refractivity contribution in [2.45, 2.75) is 50.6 Å². The van der Waals surface area contributed by atoms with Gasteiger partial charge in [-0.1, -0.05) is 31.2 Å². The molecule has 13 heteroatoms. The second-order valence-corrected chi connectivity index (χ2v) is 12.8. The summed E-state index contributed by atoms with van der Waals surface area (Å²) in [5.74, 6) is -0.985. The van der Waals surface area contributed by atoms with Gasteiger partial charge < -0.3 is 19.4 Å². The molecule has 4 aromatic rings. The molecule has 0 radical (unpaired) electrons. The first-order chi connectivity index (χ1) is 21.6. The molecule has 0 aliphatic heterocycles. The number of carbonyl (C=O) groups excluding carboxylic acids is 3. The zero-order valence-corrected chi connectivity index (χ0v) is 26.6. The molecule has 0 fully saturated rings. The highest BCUT2D eigenvalue weighted by Crippen LogP contribution is 2.30. The van der Waals surface area contributed by atoms with Crippen molar-refractivity contribution in [2.24, 2.45) is 0 Å². The van der Waals surface area contributed by atoms with Gasteiger partial charge in [0.1, 0.15) is 24.1 Å². The molecule has 0 spiro atoms. The Balaban J connectivity index is 0.00000384. The van der Waals surface area contributed by atoms with Crippen LogP contribution >= 0.6 is 11.3 Å². The number of sulfonamides is 1. The number of Topliss-reactive ketones (excluding diaryl/α,β-unsaturated/α-hetero) is 1. The Morgan fingerprint density at radius 2 is 1.84 bits per heavy atom. The molecule has 2 aromatic heterocycles. The number of para-hydroxylation sites is 1. The number of aromatic amines is 1. The number of aromatic nitrogens is 1. The lowest BCUT2D eigenvalue weighted by Gasteiger charge is -2.28. The molecule has 2 heterocycles. The number of carbonyl (C=O) groups is 3. The minimum absolute atomic E-state index is 0. The summed E-state index contributed by atoms with van der Waals surface area (Å²) in [7, 11) is -4.35. The number of rotatable bonds is 16. The summed E-state index contributed by atoms with van der Waals surface area (Å²) in [6.45, 7) is 3.35. The second-order valence-electron chi connectivity index (χ2n) is 10.1. The highest BCUT2D eigenvalue weighted by Gasteiger charge is 2.34. The fraction of sp³-hybridized carbons (Fsp3) is 0.312. The third-order valence-electron chi connectivity index (χ3n) is 6.87. The topological polar surface area (TPSA) is 152 Å². The SMILES string of the molecule is CCOC(=O)CN(Cc1cccs1)C(=O)C(NS(=O)(=O)c1ccc2[nH]c(=O)ccc2c1)c1ccccc1OCCCC(=O)CC.[HH].[HH]. The van der Waals surface area contributed by atoms with E-state index in [1.54, 1.807) is 38.1 Å². The summed E-state index contributed by atoms with van der Waals surface area (Å²) in [4.78, 5) is 55.0. The molecule has 0 saturated carbocycles. The number of thiophene rings is 1. The van der Waals surface area contributed by atoms with Gasteiger partial charge in [0.25, 0.3) is 0 Å². The van der Waals surface area contributed by atoms with Crippen LogP contribution < -0.4 is 15.0 Å². The van der Waals surface area contributed by atoms with Crippen molar-refractivity contribution in [1.82, 2.24) is 14.6 Å². The third-order valence-corrected chi connectivity index (χ3v) is 9.15. The maximum Gasteiger partial charge on any atom is 0.325 e. The Morgan fingerprint density at radius 1 is 1.04 bits per heavy atom. The van der Waals surface area contributed by atoms with Gasteiger partial charge in [0.15, 0.2) is 0 Å². The van der Waals surface area contributed by atoms with E-state index in [0.717, 1.165) is 4.88 Å². The molecule has 2 N–H and O–H groups in total. The van der Waals surface area contributed by atoms with Crippen LogP contribution in [-0.2, 0) is 35.7 Å². The molecule has 0 aliphatic carbocycles. The molecule has 2 aromatic carbocycles. The van der Waals surface area contributed by atoms with E-state index < -0.39 is 34.5 Å². The monoisotopic (exact) mass is 657 g/mol. The van der Waals surface area contributed by atoms with Crippen LogP contribution in [0.2, 0.25) is 0 Å². The molecule has 45 heavy (non-hydrogen) atoms. The molecule has 1 unspecified atom stereocenters. The van der Waals surface area contributed by atoms with Crippen LogP contribution in [0.15, 0.2) is 81.8 Å². The summed E-state index contributed by atoms with van der Waals surface area (Å²) in [5.41, 5.74) is 0.356. The number of ketones is 1. The largest absolute Gasteiger partial charge is 0.493 e. The normalized spacial score (nSPS) is 12.0. The van der Waals surface area contributed by atoms with Gasteiger partial charge in [0, 0.05) is 37.7 Å². The number of fused-ring (bicyclic) bond motifs is 1. The van der Waals surface area contributed by atoms with Gasteiger partial charge in [-0.3, -0.25) is 19.2 Å². The minimum Gasteiger partial charge on any atom is -0.493 e. The first-order valence-electron chi connectivity index (χ1n) is 14.5. The van der Waals surface area contributed by atoms with E-state index in [9.17, 15) is 27.6 Å². The predicted octanol–water partition coefficient (Wildman–Crippen LogP) is 4.83. The molecule has 11 nitrogen and oxygen atoms in total. The molecular weight excluding hydrogens is 618 g/mol. The van der Waals surface area contributed by atoms with Crippen molar-refractivity contribution in [3.63, 3.8) is 0 Å². The van der Waals surface area contributed by atoms with Crippen molar-refractivity contribution in [3.8, 4) is 5.75 Å². The third kappa shape index (κ3) is 9.10. The summed E-state index contributed by atoms with van der Waals surface area (Å²) in [6.07, 6.45) is 1.19. The van der Waals surface area contributed by atoms with Crippen molar-refractivity contribution < 1.29 is 35.1 Å².